The predicted octanol–water partition coefficient (Wildman–Crippen LogP) is 5.76. The van der Waals surface area contributed by atoms with Crippen molar-refractivity contribution in [2.75, 3.05) is 20.6 Å². The quantitative estimate of drug-likeness (QED) is 0.232. The van der Waals surface area contributed by atoms with Crippen molar-refractivity contribution in [1.82, 2.24) is 0 Å². The standard InChI is InChI=1S/C23H48NO.C2HF3O2/c1-4-5-6-7-8-9-10-11-12-13-14-15-16-17-21-24(2,3)22-19-18-20-23(22)25;3-2(4,5)1(6)7/h22-23,25H,4-21H2,1-3H3;(H,6,7)/q+1;/p-1. The summed E-state index contributed by atoms with van der Waals surface area (Å²) in [5.41, 5.74) is 0. The van der Waals surface area contributed by atoms with Gasteiger partial charge in [0.15, 0.2) is 0 Å². The van der Waals surface area contributed by atoms with E-state index < -0.39 is 12.1 Å². The van der Waals surface area contributed by atoms with Crippen LogP contribution in [-0.4, -0.2) is 54.5 Å². The number of carboxylic acids is 1. The molecule has 0 amide bonds. The average Bonchev–Trinajstić information content (AvgIpc) is 3.15. The molecule has 1 saturated carbocycles. The van der Waals surface area contributed by atoms with E-state index in [1.807, 2.05) is 0 Å². The van der Waals surface area contributed by atoms with Crippen LogP contribution in [0.25, 0.3) is 0 Å². The van der Waals surface area contributed by atoms with Crippen molar-refractivity contribution in [1.29, 1.82) is 0 Å². The fraction of sp³-hybridized carbons (Fsp3) is 0.960. The van der Waals surface area contributed by atoms with E-state index in [0.717, 1.165) is 10.9 Å². The number of nitrogens with zero attached hydrogens (tertiary/aromatic N) is 1. The Balaban J connectivity index is 0.00000118. The monoisotopic (exact) mass is 467 g/mol. The fourth-order valence-corrected chi connectivity index (χ4v) is 4.62. The molecule has 2 unspecified atom stereocenters. The number of carbonyl (C=O) groups excluding carboxylic acids is 1. The smallest absolute Gasteiger partial charge is 0.430 e. The van der Waals surface area contributed by atoms with Gasteiger partial charge in [-0.1, -0.05) is 84.0 Å². The summed E-state index contributed by atoms with van der Waals surface area (Å²) < 4.78 is 32.6. The molecule has 1 N–H and O–H groups in total. The molecule has 0 aliphatic heterocycles. The summed E-state index contributed by atoms with van der Waals surface area (Å²) in [5.74, 6) is -3.01. The van der Waals surface area contributed by atoms with Gasteiger partial charge in [-0.25, -0.2) is 0 Å². The Bertz CT molecular complexity index is 470. The first-order valence-electron chi connectivity index (χ1n) is 12.8. The summed E-state index contributed by atoms with van der Waals surface area (Å²) in [4.78, 5) is 8.78. The zero-order valence-electron chi connectivity index (χ0n) is 20.7. The molecule has 0 radical (unpaired) electrons. The molecule has 1 aliphatic carbocycles. The first-order valence-corrected chi connectivity index (χ1v) is 12.8. The maximum Gasteiger partial charge on any atom is 0.430 e. The zero-order chi connectivity index (χ0) is 24.5. The van der Waals surface area contributed by atoms with Crippen molar-refractivity contribution >= 4 is 5.97 Å². The highest BCUT2D eigenvalue weighted by molar-refractivity contribution is 5.70. The number of halogens is 3. The van der Waals surface area contributed by atoms with Crippen molar-refractivity contribution in [3.63, 3.8) is 0 Å². The number of carboxylic acid groups (broad SMARTS) is 1. The summed E-state index contributed by atoms with van der Waals surface area (Å²) in [6, 6.07) is 0.488. The van der Waals surface area contributed by atoms with E-state index >= 15 is 0 Å². The molecular weight excluding hydrogens is 419 g/mol. The molecule has 192 valence electrons. The van der Waals surface area contributed by atoms with E-state index in [4.69, 9.17) is 9.90 Å². The normalized spacial score (nSPS) is 19.0. The number of quaternary nitrogens is 1. The van der Waals surface area contributed by atoms with Crippen LogP contribution in [0.5, 0.6) is 0 Å². The topological polar surface area (TPSA) is 60.4 Å². The number of unbranched alkanes of at least 4 members (excludes halogenated alkanes) is 13. The Kier molecular flexibility index (Phi) is 17.2. The van der Waals surface area contributed by atoms with Gasteiger partial charge in [0, 0.05) is 6.42 Å². The lowest BCUT2D eigenvalue weighted by Crippen LogP contribution is -2.52. The van der Waals surface area contributed by atoms with Crippen molar-refractivity contribution in [3.8, 4) is 0 Å². The molecule has 0 bridgehead atoms. The highest BCUT2D eigenvalue weighted by Gasteiger charge is 2.37. The Labute approximate surface area is 194 Å². The van der Waals surface area contributed by atoms with Crippen molar-refractivity contribution in [3.05, 3.63) is 0 Å². The van der Waals surface area contributed by atoms with Crippen LogP contribution in [-0.2, 0) is 4.79 Å². The minimum Gasteiger partial charge on any atom is -0.542 e. The van der Waals surface area contributed by atoms with Gasteiger partial charge in [0.2, 0.25) is 0 Å². The summed E-state index contributed by atoms with van der Waals surface area (Å²) in [6.07, 6.45) is 18.2. The van der Waals surface area contributed by atoms with Gasteiger partial charge in [-0.15, -0.1) is 0 Å². The van der Waals surface area contributed by atoms with Crippen LogP contribution < -0.4 is 5.11 Å². The maximum absolute atomic E-state index is 10.5. The molecule has 0 aromatic carbocycles. The molecule has 0 heterocycles. The molecular formula is C25H48F3NO3. The predicted molar refractivity (Wildman–Crippen MR) is 122 cm³/mol. The number of rotatable bonds is 16. The van der Waals surface area contributed by atoms with Crippen LogP contribution in [0.4, 0.5) is 13.2 Å². The Morgan fingerprint density at radius 3 is 1.53 bits per heavy atom. The maximum atomic E-state index is 10.5. The van der Waals surface area contributed by atoms with Gasteiger partial charge in [-0.05, 0) is 25.7 Å². The molecule has 0 aromatic rings. The van der Waals surface area contributed by atoms with E-state index in [1.54, 1.807) is 0 Å². The van der Waals surface area contributed by atoms with Crippen molar-refractivity contribution in [2.45, 2.75) is 134 Å². The second-order valence-corrected chi connectivity index (χ2v) is 9.95. The lowest BCUT2D eigenvalue weighted by molar-refractivity contribution is -0.917. The summed E-state index contributed by atoms with van der Waals surface area (Å²) >= 11 is 0. The third-order valence-electron chi connectivity index (χ3n) is 6.66. The SMILES string of the molecule is CCCCCCCCCCCCCCCC[N+](C)(C)C1CCCC1O.O=C([O-])C(F)(F)F. The van der Waals surface area contributed by atoms with Crippen LogP contribution in [0, 0.1) is 0 Å². The van der Waals surface area contributed by atoms with Gasteiger partial charge in [0.25, 0.3) is 0 Å². The number of carbonyl (C=O) groups is 1. The van der Waals surface area contributed by atoms with Gasteiger partial charge in [-0.2, -0.15) is 13.2 Å². The molecule has 0 aromatic heterocycles. The highest BCUT2D eigenvalue weighted by atomic mass is 19.4. The van der Waals surface area contributed by atoms with Gasteiger partial charge in [0.05, 0.1) is 20.6 Å². The number of hydrogen-bond acceptors (Lipinski definition) is 3. The van der Waals surface area contributed by atoms with Gasteiger partial charge >= 0.3 is 6.18 Å². The van der Waals surface area contributed by atoms with E-state index in [0.29, 0.717) is 6.04 Å². The number of aliphatic carboxylic acids is 1. The lowest BCUT2D eigenvalue weighted by atomic mass is 10.0. The second kappa shape index (κ2) is 17.6. The number of hydrogen-bond donors (Lipinski definition) is 1. The number of aliphatic hydroxyl groups is 1. The summed E-state index contributed by atoms with van der Waals surface area (Å²) in [6.45, 7) is 3.53. The average molecular weight is 468 g/mol. The van der Waals surface area contributed by atoms with Crippen LogP contribution in [0.3, 0.4) is 0 Å². The third kappa shape index (κ3) is 15.9. The van der Waals surface area contributed by atoms with Crippen LogP contribution in [0.2, 0.25) is 0 Å². The van der Waals surface area contributed by atoms with Gasteiger partial charge < -0.3 is 19.5 Å². The molecule has 1 rings (SSSR count). The third-order valence-corrected chi connectivity index (χ3v) is 6.66. The molecule has 1 aliphatic rings. The number of aliphatic hydroxyl groups excluding tert-OH is 1. The van der Waals surface area contributed by atoms with E-state index in [-0.39, 0.29) is 6.10 Å². The van der Waals surface area contributed by atoms with Crippen LogP contribution in [0.1, 0.15) is 116 Å². The fourth-order valence-electron chi connectivity index (χ4n) is 4.62. The molecule has 4 nitrogen and oxygen atoms in total. The number of likely N-dealkylation sites (N-methyl/N-ethyl adjacent to an activating group) is 1. The first kappa shape index (κ1) is 31.2. The Hall–Kier alpha value is -0.820. The highest BCUT2D eigenvalue weighted by Crippen LogP contribution is 2.27. The van der Waals surface area contributed by atoms with E-state index in [2.05, 4.69) is 21.0 Å². The number of alkyl halides is 3. The van der Waals surface area contributed by atoms with E-state index in [9.17, 15) is 18.3 Å². The summed E-state index contributed by atoms with van der Waals surface area (Å²) in [7, 11) is 4.64. The minimum absolute atomic E-state index is 0.0540. The largest absolute Gasteiger partial charge is 0.542 e. The van der Waals surface area contributed by atoms with E-state index in [1.165, 1.54) is 109 Å². The molecule has 1 fully saturated rings. The molecule has 2 atom stereocenters. The van der Waals surface area contributed by atoms with Crippen LogP contribution >= 0.6 is 0 Å². The van der Waals surface area contributed by atoms with Crippen molar-refractivity contribution in [2.24, 2.45) is 0 Å². The van der Waals surface area contributed by atoms with Crippen LogP contribution in [0.15, 0.2) is 0 Å². The molecule has 7 heteroatoms. The first-order chi connectivity index (χ1) is 15.0. The lowest BCUT2D eigenvalue weighted by Gasteiger charge is -2.38. The Morgan fingerprint density at radius 1 is 0.844 bits per heavy atom. The molecule has 0 spiro atoms. The minimum atomic E-state index is -5.19. The second-order valence-electron chi connectivity index (χ2n) is 9.95. The van der Waals surface area contributed by atoms with Gasteiger partial charge in [0.1, 0.15) is 18.1 Å². The summed E-state index contributed by atoms with van der Waals surface area (Å²) in [5, 5.41) is 18.9. The zero-order valence-corrected chi connectivity index (χ0v) is 20.7. The molecule has 32 heavy (non-hydrogen) atoms. The van der Waals surface area contributed by atoms with Crippen molar-refractivity contribution < 1.29 is 32.7 Å². The van der Waals surface area contributed by atoms with Gasteiger partial charge in [-0.3, -0.25) is 0 Å². The Morgan fingerprint density at radius 2 is 1.22 bits per heavy atom. The molecule has 0 saturated heterocycles.